The number of pyridine rings is 1. The molecule has 2 aliphatic rings. The van der Waals surface area contributed by atoms with Crippen molar-refractivity contribution >= 4 is 21.9 Å². The molecule has 2 aromatic heterocycles. The summed E-state index contributed by atoms with van der Waals surface area (Å²) in [5, 5.41) is 5.10. The van der Waals surface area contributed by atoms with E-state index in [-0.39, 0.29) is 11.8 Å². The molecule has 0 fully saturated rings. The van der Waals surface area contributed by atoms with Gasteiger partial charge < -0.3 is 0 Å². The quantitative estimate of drug-likeness (QED) is 0.174. The predicted octanol–water partition coefficient (Wildman–Crippen LogP) is 10.5. The summed E-state index contributed by atoms with van der Waals surface area (Å²) in [6.45, 7) is 0. The number of fused-ring (bicyclic) bond motifs is 3. The molecule has 254 valence electrons. The molecular formula is C51H35N3. The van der Waals surface area contributed by atoms with Gasteiger partial charge in [-0.05, 0) is 73.3 Å². The van der Waals surface area contributed by atoms with E-state index in [1.54, 1.807) is 6.20 Å². The molecule has 3 nitrogen and oxygen atoms in total. The highest BCUT2D eigenvalue weighted by Gasteiger charge is 2.32. The van der Waals surface area contributed by atoms with Crippen molar-refractivity contribution in [2.24, 2.45) is 11.8 Å². The predicted molar refractivity (Wildman–Crippen MR) is 221 cm³/mol. The summed E-state index contributed by atoms with van der Waals surface area (Å²) >= 11 is 0. The highest BCUT2D eigenvalue weighted by molar-refractivity contribution is 5.96. The van der Waals surface area contributed by atoms with Crippen LogP contribution in [0.3, 0.4) is 0 Å². The zero-order chi connectivity index (χ0) is 35.8. The van der Waals surface area contributed by atoms with E-state index in [2.05, 4.69) is 181 Å². The Balaban J connectivity index is 1.17. The molecule has 3 heteroatoms. The van der Waals surface area contributed by atoms with Crippen LogP contribution < -0.4 is 10.4 Å². The third kappa shape index (κ3) is 5.67. The first kappa shape index (κ1) is 31.7. The van der Waals surface area contributed by atoms with Gasteiger partial charge in [0, 0.05) is 46.5 Å². The summed E-state index contributed by atoms with van der Waals surface area (Å²) in [7, 11) is 0. The zero-order valence-corrected chi connectivity index (χ0v) is 29.5. The lowest BCUT2D eigenvalue weighted by Crippen LogP contribution is -2.40. The van der Waals surface area contributed by atoms with Crippen LogP contribution in [-0.2, 0) is 0 Å². The maximum atomic E-state index is 5.26. The van der Waals surface area contributed by atoms with E-state index in [9.17, 15) is 0 Å². The minimum Gasteiger partial charge on any atom is -0.264 e. The van der Waals surface area contributed by atoms with Crippen LogP contribution in [0.4, 0.5) is 0 Å². The van der Waals surface area contributed by atoms with Gasteiger partial charge in [0.1, 0.15) is 0 Å². The highest BCUT2D eigenvalue weighted by Crippen LogP contribution is 2.42. The first-order chi connectivity index (χ1) is 26.8. The van der Waals surface area contributed by atoms with E-state index < -0.39 is 0 Å². The van der Waals surface area contributed by atoms with Crippen LogP contribution in [0.5, 0.6) is 0 Å². The lowest BCUT2D eigenvalue weighted by atomic mass is 9.69. The smallest absolute Gasteiger partial charge is 0.160 e. The average Bonchev–Trinajstić information content (AvgIpc) is 3.26. The van der Waals surface area contributed by atoms with Gasteiger partial charge in [0.2, 0.25) is 0 Å². The minimum atomic E-state index is 0.163. The summed E-state index contributed by atoms with van der Waals surface area (Å²) in [6.07, 6.45) is 12.9. The Morgan fingerprint density at radius 2 is 1.00 bits per heavy atom. The van der Waals surface area contributed by atoms with Crippen molar-refractivity contribution in [2.45, 2.75) is 0 Å². The van der Waals surface area contributed by atoms with Crippen LogP contribution in [0, 0.1) is 11.8 Å². The molecule has 0 amide bonds. The Bertz CT molecular complexity index is 2880. The first-order valence-corrected chi connectivity index (χ1v) is 18.5. The van der Waals surface area contributed by atoms with Crippen molar-refractivity contribution in [3.05, 3.63) is 222 Å². The Morgan fingerprint density at radius 1 is 0.407 bits per heavy atom. The molecule has 0 saturated heterocycles. The van der Waals surface area contributed by atoms with Crippen LogP contribution in [0.1, 0.15) is 11.1 Å². The summed E-state index contributed by atoms with van der Waals surface area (Å²) in [4.78, 5) is 14.8. The van der Waals surface area contributed by atoms with E-state index >= 15 is 0 Å². The fourth-order valence-corrected chi connectivity index (χ4v) is 8.30. The molecule has 0 radical (unpaired) electrons. The van der Waals surface area contributed by atoms with Gasteiger partial charge in [-0.15, -0.1) is 0 Å². The molecule has 2 heterocycles. The van der Waals surface area contributed by atoms with Crippen molar-refractivity contribution in [1.82, 2.24) is 15.0 Å². The average molecular weight is 690 g/mol. The van der Waals surface area contributed by atoms with Gasteiger partial charge in [-0.2, -0.15) is 0 Å². The minimum absolute atomic E-state index is 0.163. The topological polar surface area (TPSA) is 38.7 Å². The molecule has 6 aromatic carbocycles. The summed E-state index contributed by atoms with van der Waals surface area (Å²) in [5.41, 5.74) is 12.2. The third-order valence-corrected chi connectivity index (χ3v) is 10.8. The van der Waals surface area contributed by atoms with Gasteiger partial charge in [0.05, 0.1) is 11.4 Å². The molecule has 0 saturated carbocycles. The molecule has 0 spiro atoms. The summed E-state index contributed by atoms with van der Waals surface area (Å²) in [5.74, 6) is 1.05. The van der Waals surface area contributed by atoms with E-state index in [0.29, 0.717) is 5.82 Å². The third-order valence-electron chi connectivity index (χ3n) is 10.8. The second-order valence-electron chi connectivity index (χ2n) is 14.0. The fourth-order valence-electron chi connectivity index (χ4n) is 8.30. The molecule has 8 aromatic rings. The van der Waals surface area contributed by atoms with Gasteiger partial charge in [0.15, 0.2) is 5.82 Å². The standard InChI is InChI=1S/C51H35N3/c1-2-15-35(16-3-1)47-32-48(37-19-10-18-36(30-37)40-22-13-29-52-33-40)54-51(53-47)39-21-11-20-38(31-39)49-43-24-6-8-26-45(43)50(46-27-9-7-25-44(46)49)42-28-12-17-34-14-4-5-23-41(34)42/h1-33,43,45H. The van der Waals surface area contributed by atoms with E-state index in [0.717, 1.165) is 39.2 Å². The van der Waals surface area contributed by atoms with Crippen molar-refractivity contribution < 1.29 is 0 Å². The van der Waals surface area contributed by atoms with Gasteiger partial charge in [-0.3, -0.25) is 4.98 Å². The Labute approximate surface area is 314 Å². The van der Waals surface area contributed by atoms with Crippen molar-refractivity contribution in [2.75, 3.05) is 0 Å². The summed E-state index contributed by atoms with van der Waals surface area (Å²) in [6, 6.07) is 58.3. The van der Waals surface area contributed by atoms with Crippen molar-refractivity contribution in [3.8, 4) is 45.0 Å². The second-order valence-corrected chi connectivity index (χ2v) is 14.0. The monoisotopic (exact) mass is 689 g/mol. The molecule has 0 aliphatic heterocycles. The van der Waals surface area contributed by atoms with Gasteiger partial charge in [0.25, 0.3) is 0 Å². The first-order valence-electron chi connectivity index (χ1n) is 18.5. The van der Waals surface area contributed by atoms with Crippen LogP contribution in [0.15, 0.2) is 200 Å². The normalized spacial score (nSPS) is 15.9. The highest BCUT2D eigenvalue weighted by atomic mass is 14.9. The largest absolute Gasteiger partial charge is 0.264 e. The van der Waals surface area contributed by atoms with Crippen LogP contribution in [-0.4, -0.2) is 15.0 Å². The molecule has 2 unspecified atom stereocenters. The Morgan fingerprint density at radius 3 is 1.81 bits per heavy atom. The van der Waals surface area contributed by atoms with E-state index in [4.69, 9.17) is 9.97 Å². The second kappa shape index (κ2) is 13.5. The molecule has 0 bridgehead atoms. The number of nitrogens with zero attached hydrogens (tertiary/aromatic N) is 3. The molecule has 2 atom stereocenters. The number of allylic oxidation sites excluding steroid dienone is 4. The lowest BCUT2D eigenvalue weighted by Gasteiger charge is -2.33. The Kier molecular flexibility index (Phi) is 7.96. The van der Waals surface area contributed by atoms with Gasteiger partial charge >= 0.3 is 0 Å². The van der Waals surface area contributed by atoms with Crippen molar-refractivity contribution in [1.29, 1.82) is 0 Å². The van der Waals surface area contributed by atoms with Crippen molar-refractivity contribution in [3.63, 3.8) is 0 Å². The van der Waals surface area contributed by atoms with E-state index in [1.807, 2.05) is 18.3 Å². The molecule has 10 rings (SSSR count). The number of aromatic nitrogens is 3. The lowest BCUT2D eigenvalue weighted by molar-refractivity contribution is 0.687. The molecule has 54 heavy (non-hydrogen) atoms. The number of hydrogen-bond donors (Lipinski definition) is 0. The molecule has 0 N–H and O–H groups in total. The molecule has 2 aliphatic carbocycles. The maximum absolute atomic E-state index is 5.26. The van der Waals surface area contributed by atoms with Gasteiger partial charge in [-0.25, -0.2) is 9.97 Å². The van der Waals surface area contributed by atoms with Gasteiger partial charge in [-0.1, -0.05) is 164 Å². The summed E-state index contributed by atoms with van der Waals surface area (Å²) < 4.78 is 0. The van der Waals surface area contributed by atoms with Crippen LogP contribution in [0.2, 0.25) is 0 Å². The zero-order valence-electron chi connectivity index (χ0n) is 29.5. The van der Waals surface area contributed by atoms with E-state index in [1.165, 1.54) is 43.5 Å². The SMILES string of the molecule is C1=CC2C(c3cccc(-c4nc(-c5ccccc5)cc(-c5cccc(-c6cccnc6)c5)n4)c3)=c3ccccc3=C(c3cccc4ccccc34)C2C=C1. The number of rotatable bonds is 6. The number of hydrogen-bond acceptors (Lipinski definition) is 3. The maximum Gasteiger partial charge on any atom is 0.160 e. The van der Waals surface area contributed by atoms with Crippen LogP contribution >= 0.6 is 0 Å². The Hall–Kier alpha value is -6.97. The molecular weight excluding hydrogens is 655 g/mol. The fraction of sp³-hybridized carbons (Fsp3) is 0.0392. The van der Waals surface area contributed by atoms with Crippen LogP contribution in [0.25, 0.3) is 66.9 Å². The number of benzene rings is 6.